The third-order valence-corrected chi connectivity index (χ3v) is 8.35. The lowest BCUT2D eigenvalue weighted by Crippen LogP contribution is -2.54. The van der Waals surface area contributed by atoms with Crippen molar-refractivity contribution in [2.75, 3.05) is 0 Å². The molecule has 2 nitrogen and oxygen atoms in total. The van der Waals surface area contributed by atoms with E-state index in [1.165, 1.54) is 25.7 Å². The van der Waals surface area contributed by atoms with Crippen LogP contribution in [-0.4, -0.2) is 17.0 Å². The second kappa shape index (κ2) is 4.57. The van der Waals surface area contributed by atoms with E-state index in [1.54, 1.807) is 0 Å². The molecule has 118 valence electrons. The summed E-state index contributed by atoms with van der Waals surface area (Å²) in [6, 6.07) is 0. The molecule has 0 aromatic carbocycles. The van der Waals surface area contributed by atoms with Crippen LogP contribution in [0.2, 0.25) is 0 Å². The van der Waals surface area contributed by atoms with Gasteiger partial charge in [0.15, 0.2) is 0 Å². The Morgan fingerprint density at radius 3 is 2.62 bits per heavy atom. The van der Waals surface area contributed by atoms with E-state index in [0.717, 1.165) is 49.9 Å². The van der Waals surface area contributed by atoms with Crippen molar-refractivity contribution in [3.8, 4) is 0 Å². The van der Waals surface area contributed by atoms with E-state index in [4.69, 9.17) is 0 Å². The molecule has 0 aromatic heterocycles. The van der Waals surface area contributed by atoms with Crippen molar-refractivity contribution in [3.63, 3.8) is 0 Å². The van der Waals surface area contributed by atoms with E-state index in [0.29, 0.717) is 17.1 Å². The van der Waals surface area contributed by atoms with E-state index in [-0.39, 0.29) is 11.5 Å². The molecule has 0 heterocycles. The Hall–Kier alpha value is -0.370. The van der Waals surface area contributed by atoms with Crippen LogP contribution in [0.25, 0.3) is 0 Å². The van der Waals surface area contributed by atoms with Crippen LogP contribution in [0, 0.1) is 34.5 Å². The number of hydrogen-bond acceptors (Lipinski definition) is 2. The lowest BCUT2D eigenvalue weighted by molar-refractivity contribution is -0.142. The average Bonchev–Trinajstić information content (AvgIpc) is 2.76. The first-order valence-electron chi connectivity index (χ1n) is 9.16. The number of hydrogen-bond donors (Lipinski definition) is 1. The third kappa shape index (κ3) is 1.84. The van der Waals surface area contributed by atoms with Crippen molar-refractivity contribution in [2.45, 2.75) is 77.7 Å². The summed E-state index contributed by atoms with van der Waals surface area (Å²) < 4.78 is 0. The predicted octanol–water partition coefficient (Wildman–Crippen LogP) is 3.96. The number of Topliss-reactive ketones (excluding diaryl/α,β-unsaturated/α-hetero) is 1. The quantitative estimate of drug-likeness (QED) is 0.733. The molecule has 0 radical (unpaired) electrons. The minimum atomic E-state index is -0.0541. The Bertz CT molecular complexity index is 458. The Morgan fingerprint density at radius 2 is 1.81 bits per heavy atom. The molecule has 4 saturated carbocycles. The van der Waals surface area contributed by atoms with Crippen molar-refractivity contribution in [1.29, 1.82) is 0 Å². The number of rotatable bonds is 0. The van der Waals surface area contributed by atoms with Gasteiger partial charge in [-0.05, 0) is 80.5 Å². The van der Waals surface area contributed by atoms with Crippen molar-refractivity contribution >= 4 is 5.78 Å². The van der Waals surface area contributed by atoms with Gasteiger partial charge in [0.05, 0.1) is 6.10 Å². The standard InChI is InChI=1S/C19H30O2/c1-18-9-7-13(20)11-12(18)3-4-14-15-5-6-17(21)19(15,2)10-8-16(14)18/h12-16,20H,3-11H2,1-2H3/t12-,13-,14?,15?,16?,18-,19-/m0/s1. The van der Waals surface area contributed by atoms with Crippen molar-refractivity contribution < 1.29 is 9.90 Å². The molecule has 3 unspecified atom stereocenters. The van der Waals surface area contributed by atoms with Gasteiger partial charge in [0.1, 0.15) is 5.78 Å². The van der Waals surface area contributed by atoms with E-state index in [1.807, 2.05) is 0 Å². The molecule has 0 saturated heterocycles. The molecule has 0 spiro atoms. The van der Waals surface area contributed by atoms with Gasteiger partial charge in [-0.2, -0.15) is 0 Å². The summed E-state index contributed by atoms with van der Waals surface area (Å²) in [7, 11) is 0. The molecule has 21 heavy (non-hydrogen) atoms. The van der Waals surface area contributed by atoms with Crippen LogP contribution in [0.15, 0.2) is 0 Å². The van der Waals surface area contributed by atoms with Crippen LogP contribution in [0.1, 0.15) is 71.6 Å². The van der Waals surface area contributed by atoms with E-state index in [9.17, 15) is 9.90 Å². The van der Waals surface area contributed by atoms with Gasteiger partial charge in [-0.3, -0.25) is 4.79 Å². The highest BCUT2D eigenvalue weighted by molar-refractivity contribution is 5.87. The highest BCUT2D eigenvalue weighted by atomic mass is 16.3. The minimum Gasteiger partial charge on any atom is -0.393 e. The first-order chi connectivity index (χ1) is 9.95. The largest absolute Gasteiger partial charge is 0.393 e. The maximum Gasteiger partial charge on any atom is 0.139 e. The van der Waals surface area contributed by atoms with Gasteiger partial charge in [-0.25, -0.2) is 0 Å². The molecule has 0 aliphatic heterocycles. The molecule has 2 heteroatoms. The zero-order valence-electron chi connectivity index (χ0n) is 13.6. The molecule has 4 aliphatic rings. The van der Waals surface area contributed by atoms with Gasteiger partial charge in [-0.1, -0.05) is 13.8 Å². The Kier molecular flexibility index (Phi) is 3.10. The van der Waals surface area contributed by atoms with Crippen LogP contribution < -0.4 is 0 Å². The molecule has 1 N–H and O–H groups in total. The molecule has 7 atom stereocenters. The summed E-state index contributed by atoms with van der Waals surface area (Å²) in [5, 5.41) is 10.0. The summed E-state index contributed by atoms with van der Waals surface area (Å²) in [6.45, 7) is 4.78. The zero-order valence-corrected chi connectivity index (χ0v) is 13.6. The predicted molar refractivity (Wildman–Crippen MR) is 82.7 cm³/mol. The Balaban J connectivity index is 1.64. The number of aliphatic hydroxyl groups excluding tert-OH is 1. The second-order valence-corrected chi connectivity index (χ2v) is 9.00. The van der Waals surface area contributed by atoms with Gasteiger partial charge in [0.25, 0.3) is 0 Å². The monoisotopic (exact) mass is 290 g/mol. The maximum atomic E-state index is 12.4. The normalized spacial score (nSPS) is 56.5. The number of ketones is 1. The Morgan fingerprint density at radius 1 is 1.00 bits per heavy atom. The molecule has 4 rings (SSSR count). The molecule has 0 bridgehead atoms. The summed E-state index contributed by atoms with van der Waals surface area (Å²) in [4.78, 5) is 12.4. The lowest BCUT2D eigenvalue weighted by Gasteiger charge is -2.60. The summed E-state index contributed by atoms with van der Waals surface area (Å²) >= 11 is 0. The zero-order chi connectivity index (χ0) is 14.8. The highest BCUT2D eigenvalue weighted by Crippen LogP contribution is 2.65. The van der Waals surface area contributed by atoms with Crippen molar-refractivity contribution in [2.24, 2.45) is 34.5 Å². The fraction of sp³-hybridized carbons (Fsp3) is 0.947. The van der Waals surface area contributed by atoms with Crippen LogP contribution in [0.4, 0.5) is 0 Å². The number of fused-ring (bicyclic) bond motifs is 5. The van der Waals surface area contributed by atoms with Gasteiger partial charge in [0, 0.05) is 11.8 Å². The minimum absolute atomic E-state index is 0.0124. The number of aliphatic hydroxyl groups is 1. The van der Waals surface area contributed by atoms with Crippen molar-refractivity contribution in [3.05, 3.63) is 0 Å². The highest BCUT2D eigenvalue weighted by Gasteiger charge is 2.60. The van der Waals surface area contributed by atoms with Gasteiger partial charge < -0.3 is 5.11 Å². The molecule has 4 aliphatic carbocycles. The van der Waals surface area contributed by atoms with Gasteiger partial charge in [0.2, 0.25) is 0 Å². The summed E-state index contributed by atoms with van der Waals surface area (Å²) in [5.41, 5.74) is 0.452. The van der Waals surface area contributed by atoms with Crippen LogP contribution in [0.3, 0.4) is 0 Å². The van der Waals surface area contributed by atoms with E-state index < -0.39 is 0 Å². The maximum absolute atomic E-state index is 12.4. The van der Waals surface area contributed by atoms with Crippen LogP contribution in [-0.2, 0) is 4.79 Å². The fourth-order valence-corrected chi connectivity index (χ4v) is 7.01. The Labute approximate surface area is 128 Å². The number of carbonyl (C=O) groups is 1. The summed E-state index contributed by atoms with van der Waals surface area (Å²) in [5.74, 6) is 3.54. The van der Waals surface area contributed by atoms with Crippen LogP contribution in [0.5, 0.6) is 0 Å². The average molecular weight is 290 g/mol. The molecular formula is C19H30O2. The molecule has 4 fully saturated rings. The second-order valence-electron chi connectivity index (χ2n) is 9.00. The van der Waals surface area contributed by atoms with Crippen LogP contribution >= 0.6 is 0 Å². The van der Waals surface area contributed by atoms with E-state index >= 15 is 0 Å². The molecular weight excluding hydrogens is 260 g/mol. The van der Waals surface area contributed by atoms with E-state index in [2.05, 4.69) is 13.8 Å². The third-order valence-electron chi connectivity index (χ3n) is 8.35. The first-order valence-corrected chi connectivity index (χ1v) is 9.16. The number of carbonyl (C=O) groups excluding carboxylic acids is 1. The lowest BCUT2D eigenvalue weighted by atomic mass is 9.45. The SMILES string of the molecule is C[C@]12CCC3C(CC[C@H]4C[C@@H](O)CC[C@]34C)C1CCC2=O. The smallest absolute Gasteiger partial charge is 0.139 e. The molecule has 0 amide bonds. The van der Waals surface area contributed by atoms with Gasteiger partial charge >= 0.3 is 0 Å². The van der Waals surface area contributed by atoms with Gasteiger partial charge in [-0.15, -0.1) is 0 Å². The topological polar surface area (TPSA) is 37.3 Å². The molecule has 0 aromatic rings. The first kappa shape index (κ1) is 14.2. The fourth-order valence-electron chi connectivity index (χ4n) is 7.01. The van der Waals surface area contributed by atoms with Crippen molar-refractivity contribution in [1.82, 2.24) is 0 Å². The summed E-state index contributed by atoms with van der Waals surface area (Å²) in [6.07, 6.45) is 10.1.